The summed E-state index contributed by atoms with van der Waals surface area (Å²) in [5, 5.41) is 3.77. The van der Waals surface area contributed by atoms with Crippen LogP contribution in [-0.2, 0) is 0 Å². The molecule has 0 atom stereocenters. The number of alkyl halides is 3. The second-order valence-electron chi connectivity index (χ2n) is 6.53. The molecule has 4 rings (SSSR count). The fourth-order valence-corrected chi connectivity index (χ4v) is 3.17. The Kier molecular flexibility index (Phi) is 5.18. The fourth-order valence-electron chi connectivity index (χ4n) is 3.17. The van der Waals surface area contributed by atoms with Crippen molar-refractivity contribution in [3.63, 3.8) is 0 Å². The fraction of sp³-hybridized carbons (Fsp3) is 0.0870. The molecule has 0 aliphatic rings. The molecule has 7 heteroatoms. The van der Waals surface area contributed by atoms with Crippen molar-refractivity contribution in [1.29, 1.82) is 0 Å². The van der Waals surface area contributed by atoms with Gasteiger partial charge in [-0.25, -0.2) is 0 Å². The topological polar surface area (TPSA) is 43.4 Å². The Hall–Kier alpha value is -3.74. The van der Waals surface area contributed by atoms with Crippen LogP contribution in [0.4, 0.5) is 24.5 Å². The van der Waals surface area contributed by atoms with Crippen LogP contribution < -0.4 is 14.8 Å². The maximum Gasteiger partial charge on any atom is 0.573 e. The third-order valence-electron chi connectivity index (χ3n) is 4.47. The van der Waals surface area contributed by atoms with E-state index < -0.39 is 6.36 Å². The lowest BCUT2D eigenvalue weighted by molar-refractivity contribution is -0.274. The molecule has 152 valence electrons. The number of aromatic nitrogens is 1. The minimum Gasteiger partial charge on any atom is -0.497 e. The zero-order chi connectivity index (χ0) is 21.1. The monoisotopic (exact) mass is 410 g/mol. The summed E-state index contributed by atoms with van der Waals surface area (Å²) in [5.41, 5.74) is 3.82. The summed E-state index contributed by atoms with van der Waals surface area (Å²) in [5.74, 6) is 0.347. The van der Waals surface area contributed by atoms with Crippen LogP contribution in [0, 0.1) is 0 Å². The first-order chi connectivity index (χ1) is 14.4. The maximum atomic E-state index is 12.6. The van der Waals surface area contributed by atoms with Gasteiger partial charge in [-0.1, -0.05) is 30.3 Å². The van der Waals surface area contributed by atoms with E-state index in [2.05, 4.69) is 15.0 Å². The molecule has 4 nitrogen and oxygen atoms in total. The van der Waals surface area contributed by atoms with Gasteiger partial charge in [0.25, 0.3) is 0 Å². The van der Waals surface area contributed by atoms with Gasteiger partial charge in [0.1, 0.15) is 11.5 Å². The number of nitrogens with zero attached hydrogens (tertiary/aromatic N) is 1. The molecule has 3 aromatic carbocycles. The Labute approximate surface area is 170 Å². The summed E-state index contributed by atoms with van der Waals surface area (Å²) >= 11 is 0. The lowest BCUT2D eigenvalue weighted by Crippen LogP contribution is -2.17. The van der Waals surface area contributed by atoms with E-state index in [1.54, 1.807) is 19.4 Å². The molecule has 30 heavy (non-hydrogen) atoms. The summed E-state index contributed by atoms with van der Waals surface area (Å²) in [6, 6.07) is 21.2. The maximum absolute atomic E-state index is 12.6. The highest BCUT2D eigenvalue weighted by molar-refractivity contribution is 5.94. The lowest BCUT2D eigenvalue weighted by atomic mass is 10.0. The number of hydrogen-bond acceptors (Lipinski definition) is 4. The van der Waals surface area contributed by atoms with Gasteiger partial charge in [-0.05, 0) is 47.5 Å². The quantitative estimate of drug-likeness (QED) is 0.405. The van der Waals surface area contributed by atoms with E-state index in [-0.39, 0.29) is 5.75 Å². The molecule has 0 amide bonds. The molecule has 1 heterocycles. The summed E-state index contributed by atoms with van der Waals surface area (Å²) in [6.45, 7) is 0. The highest BCUT2D eigenvalue weighted by Crippen LogP contribution is 2.34. The van der Waals surface area contributed by atoms with Crippen LogP contribution in [0.5, 0.6) is 11.5 Å². The van der Waals surface area contributed by atoms with Crippen molar-refractivity contribution in [2.24, 2.45) is 0 Å². The number of hydrogen-bond donors (Lipinski definition) is 1. The van der Waals surface area contributed by atoms with Gasteiger partial charge in [-0.2, -0.15) is 0 Å². The number of anilines is 2. The third kappa shape index (κ3) is 4.46. The van der Waals surface area contributed by atoms with Crippen molar-refractivity contribution < 1.29 is 22.6 Å². The van der Waals surface area contributed by atoms with Crippen LogP contribution >= 0.6 is 0 Å². The van der Waals surface area contributed by atoms with Gasteiger partial charge in [0.05, 0.1) is 12.6 Å². The van der Waals surface area contributed by atoms with Crippen LogP contribution in [0.1, 0.15) is 0 Å². The molecule has 0 saturated carbocycles. The number of benzene rings is 3. The Bertz CT molecular complexity index is 1180. The highest BCUT2D eigenvalue weighted by Gasteiger charge is 2.31. The van der Waals surface area contributed by atoms with Crippen LogP contribution in [-0.4, -0.2) is 18.5 Å². The predicted octanol–water partition coefficient (Wildman–Crippen LogP) is 6.55. The van der Waals surface area contributed by atoms with Crippen LogP contribution in [0.15, 0.2) is 79.0 Å². The summed E-state index contributed by atoms with van der Waals surface area (Å²) in [7, 11) is 1.58. The molecule has 0 bridgehead atoms. The largest absolute Gasteiger partial charge is 0.573 e. The average molecular weight is 410 g/mol. The number of ether oxygens (including phenoxy) is 2. The van der Waals surface area contributed by atoms with Crippen molar-refractivity contribution >= 4 is 22.3 Å². The van der Waals surface area contributed by atoms with Crippen LogP contribution in [0.3, 0.4) is 0 Å². The second kappa shape index (κ2) is 7.94. The molecule has 0 radical (unpaired) electrons. The second-order valence-corrected chi connectivity index (χ2v) is 6.53. The van der Waals surface area contributed by atoms with Crippen molar-refractivity contribution in [1.82, 2.24) is 4.98 Å². The predicted molar refractivity (Wildman–Crippen MR) is 110 cm³/mol. The van der Waals surface area contributed by atoms with E-state index in [4.69, 9.17) is 4.74 Å². The minimum absolute atomic E-state index is 0.304. The van der Waals surface area contributed by atoms with Gasteiger partial charge >= 0.3 is 6.36 Å². The Balaban J connectivity index is 1.74. The molecule has 0 aliphatic carbocycles. The van der Waals surface area contributed by atoms with E-state index in [9.17, 15) is 13.2 Å². The van der Waals surface area contributed by atoms with Crippen molar-refractivity contribution in [3.05, 3.63) is 79.0 Å². The molecular formula is C23H17F3N2O2. The van der Waals surface area contributed by atoms with E-state index in [1.165, 1.54) is 18.2 Å². The van der Waals surface area contributed by atoms with Gasteiger partial charge in [0.2, 0.25) is 0 Å². The SMILES string of the molecule is COc1cc(Nc2ccnc3ccc(OC(F)(F)F)cc23)cc(-c2ccccc2)c1. The zero-order valence-corrected chi connectivity index (χ0v) is 15.9. The zero-order valence-electron chi connectivity index (χ0n) is 15.9. The third-order valence-corrected chi connectivity index (χ3v) is 4.47. The van der Waals surface area contributed by atoms with Crippen molar-refractivity contribution in [2.75, 3.05) is 12.4 Å². The number of halogens is 3. The molecular weight excluding hydrogens is 393 g/mol. The molecule has 0 spiro atoms. The van der Waals surface area contributed by atoms with Gasteiger partial charge in [0, 0.05) is 29.0 Å². The molecule has 1 aromatic heterocycles. The van der Waals surface area contributed by atoms with E-state index in [0.29, 0.717) is 22.3 Å². The van der Waals surface area contributed by atoms with Crippen molar-refractivity contribution in [2.45, 2.75) is 6.36 Å². The number of rotatable bonds is 5. The van der Waals surface area contributed by atoms with Gasteiger partial charge in [-0.3, -0.25) is 4.98 Å². The van der Waals surface area contributed by atoms with Crippen LogP contribution in [0.25, 0.3) is 22.0 Å². The van der Waals surface area contributed by atoms with Gasteiger partial charge in [0.15, 0.2) is 0 Å². The normalized spacial score (nSPS) is 11.3. The molecule has 0 unspecified atom stereocenters. The Morgan fingerprint density at radius 2 is 1.63 bits per heavy atom. The number of nitrogens with one attached hydrogen (secondary N) is 1. The first-order valence-corrected chi connectivity index (χ1v) is 9.07. The highest BCUT2D eigenvalue weighted by atomic mass is 19.4. The number of methoxy groups -OCH3 is 1. The van der Waals surface area contributed by atoms with Crippen molar-refractivity contribution in [3.8, 4) is 22.6 Å². The minimum atomic E-state index is -4.76. The van der Waals surface area contributed by atoms with E-state index in [1.807, 2.05) is 48.5 Å². The molecule has 1 N–H and O–H groups in total. The first kappa shape index (κ1) is 19.6. The van der Waals surface area contributed by atoms with Gasteiger partial charge in [-0.15, -0.1) is 13.2 Å². The Morgan fingerprint density at radius 1 is 0.833 bits per heavy atom. The molecule has 0 fully saturated rings. The summed E-state index contributed by atoms with van der Waals surface area (Å²) in [6.07, 6.45) is -3.17. The standard InChI is InChI=1S/C23H17F3N2O2/c1-29-19-12-16(15-5-3-2-4-6-15)11-17(13-19)28-22-9-10-27-21-8-7-18(14-20(21)22)30-23(24,25)26/h2-14H,1H3,(H,27,28). The molecule has 0 saturated heterocycles. The molecule has 4 aromatic rings. The van der Waals surface area contributed by atoms with Gasteiger partial charge < -0.3 is 14.8 Å². The Morgan fingerprint density at radius 3 is 2.37 bits per heavy atom. The van der Waals surface area contributed by atoms with E-state index >= 15 is 0 Å². The average Bonchev–Trinajstić information content (AvgIpc) is 2.73. The van der Waals surface area contributed by atoms with Crippen LogP contribution in [0.2, 0.25) is 0 Å². The number of pyridine rings is 1. The first-order valence-electron chi connectivity index (χ1n) is 9.07. The number of fused-ring (bicyclic) bond motifs is 1. The lowest BCUT2D eigenvalue weighted by Gasteiger charge is -2.14. The summed E-state index contributed by atoms with van der Waals surface area (Å²) in [4.78, 5) is 4.22. The smallest absolute Gasteiger partial charge is 0.497 e. The summed E-state index contributed by atoms with van der Waals surface area (Å²) < 4.78 is 47.3. The van der Waals surface area contributed by atoms with E-state index in [0.717, 1.165) is 16.8 Å². The molecule has 0 aliphatic heterocycles.